The normalized spacial score (nSPS) is 13.4. The van der Waals surface area contributed by atoms with Gasteiger partial charge in [-0.25, -0.2) is 0 Å². The molecule has 0 rings (SSSR count). The van der Waals surface area contributed by atoms with E-state index in [1.165, 1.54) is 0 Å². The van der Waals surface area contributed by atoms with E-state index in [0.29, 0.717) is 39.6 Å². The third kappa shape index (κ3) is 15.0. The summed E-state index contributed by atoms with van der Waals surface area (Å²) in [5, 5.41) is 0.195. The first kappa shape index (κ1) is 25.9. The molecule has 0 aliphatic carbocycles. The van der Waals surface area contributed by atoms with Crippen molar-refractivity contribution in [3.05, 3.63) is 0 Å². The van der Waals surface area contributed by atoms with Crippen LogP contribution < -0.4 is 0 Å². The maximum absolute atomic E-state index is 11.9. The Labute approximate surface area is 157 Å². The van der Waals surface area contributed by atoms with Crippen LogP contribution in [0.15, 0.2) is 0 Å². The van der Waals surface area contributed by atoms with Gasteiger partial charge in [0.15, 0.2) is 8.32 Å². The first-order chi connectivity index (χ1) is 12.0. The molecule has 0 radical (unpaired) electrons. The zero-order valence-electron chi connectivity index (χ0n) is 16.8. The predicted molar refractivity (Wildman–Crippen MR) is 100 cm³/mol. The molecule has 0 spiro atoms. The molecule has 0 saturated carbocycles. The fourth-order valence-corrected chi connectivity index (χ4v) is 2.58. The molecule has 158 valence electrons. The van der Waals surface area contributed by atoms with Crippen LogP contribution in [0.25, 0.3) is 0 Å². The predicted octanol–water partition coefficient (Wildman–Crippen LogP) is 3.92. The van der Waals surface area contributed by atoms with E-state index < -0.39 is 21.6 Å². The lowest BCUT2D eigenvalue weighted by molar-refractivity contribution is -0.00418. The average Bonchev–Trinajstić information content (AvgIpc) is 2.48. The second-order valence-corrected chi connectivity index (χ2v) is 12.4. The summed E-state index contributed by atoms with van der Waals surface area (Å²) in [5.41, 5.74) is 0. The van der Waals surface area contributed by atoms with E-state index in [1.807, 2.05) is 0 Å². The van der Waals surface area contributed by atoms with E-state index in [0.717, 1.165) is 0 Å². The minimum absolute atomic E-state index is 0.156. The van der Waals surface area contributed by atoms with Crippen LogP contribution in [0.1, 0.15) is 20.8 Å². The van der Waals surface area contributed by atoms with Gasteiger partial charge in [-0.2, -0.15) is 0 Å². The van der Waals surface area contributed by atoms with Crippen molar-refractivity contribution in [1.29, 1.82) is 0 Å². The Morgan fingerprint density at radius 1 is 0.654 bits per heavy atom. The zero-order valence-corrected chi connectivity index (χ0v) is 17.8. The molecule has 0 N–H and O–H groups in total. The summed E-state index contributed by atoms with van der Waals surface area (Å²) in [6.07, 6.45) is -0.871. The molecule has 0 amide bonds. The lowest BCUT2D eigenvalue weighted by Gasteiger charge is -2.36. The number of halogens is 3. The third-order valence-electron chi connectivity index (χ3n) is 4.20. The lowest BCUT2D eigenvalue weighted by Crippen LogP contribution is -2.41. The van der Waals surface area contributed by atoms with Crippen molar-refractivity contribution in [2.45, 2.75) is 45.2 Å². The monoisotopic (exact) mass is 403 g/mol. The van der Waals surface area contributed by atoms with E-state index in [4.69, 9.17) is 23.4 Å². The first-order valence-corrected chi connectivity index (χ1v) is 12.0. The van der Waals surface area contributed by atoms with E-state index in [9.17, 15) is 12.9 Å². The van der Waals surface area contributed by atoms with Crippen molar-refractivity contribution in [1.82, 2.24) is 0 Å². The molecule has 0 fully saturated rings. The van der Waals surface area contributed by atoms with Gasteiger partial charge in [0.05, 0.1) is 52.9 Å². The number of ether oxygens (including phenoxy) is 4. The van der Waals surface area contributed by atoms with Gasteiger partial charge in [-0.15, -0.1) is 0 Å². The van der Waals surface area contributed by atoms with Crippen molar-refractivity contribution in [2.75, 3.05) is 59.5 Å². The summed E-state index contributed by atoms with van der Waals surface area (Å²) in [4.78, 5) is 0. The number of rotatable bonds is 16. The van der Waals surface area contributed by atoms with E-state index in [2.05, 4.69) is 33.9 Å². The zero-order chi connectivity index (χ0) is 20.1. The quantitative estimate of drug-likeness (QED) is 0.289. The third-order valence-corrected chi connectivity index (χ3v) is 8.74. The minimum Gasteiger partial charge on any atom is -0.449 e. The minimum atomic E-state index is -4.76. The second-order valence-electron chi connectivity index (χ2n) is 7.56. The molecule has 0 aliphatic rings. The van der Waals surface area contributed by atoms with Crippen molar-refractivity contribution in [3.63, 3.8) is 0 Å². The Morgan fingerprint density at radius 3 is 1.35 bits per heavy atom. The summed E-state index contributed by atoms with van der Waals surface area (Å²) in [6.45, 7) is 9.24. The molecule has 0 heterocycles. The molecule has 0 saturated heterocycles. The molecule has 0 aromatic heterocycles. The van der Waals surface area contributed by atoms with Crippen LogP contribution >= 0.6 is 0 Å². The molecule has 26 heavy (non-hydrogen) atoms. The highest BCUT2D eigenvalue weighted by molar-refractivity contribution is 6.74. The molecule has 0 bridgehead atoms. The first-order valence-electron chi connectivity index (χ1n) is 9.12. The molecule has 0 aliphatic heterocycles. The largest absolute Gasteiger partial charge is 0.480 e. The molecule has 0 aromatic rings. The van der Waals surface area contributed by atoms with Crippen molar-refractivity contribution in [3.8, 4) is 0 Å². The van der Waals surface area contributed by atoms with Gasteiger partial charge in [0.1, 0.15) is 0 Å². The van der Waals surface area contributed by atoms with Crippen LogP contribution in [-0.4, -0.2) is 74.8 Å². The Bertz CT molecular complexity index is 352. The fourth-order valence-electron chi connectivity index (χ4n) is 1.55. The van der Waals surface area contributed by atoms with Crippen LogP contribution in [0, 0.1) is 0 Å². The smallest absolute Gasteiger partial charge is 0.449 e. The van der Waals surface area contributed by atoms with Gasteiger partial charge in [-0.3, -0.25) is 0 Å². The summed E-state index contributed by atoms with van der Waals surface area (Å²) in [7, 11) is -1.71. The van der Waals surface area contributed by atoms with E-state index >= 15 is 0 Å². The highest BCUT2D eigenvalue weighted by atomic mass is 28.4. The van der Waals surface area contributed by atoms with Gasteiger partial charge >= 0.3 is 6.98 Å². The van der Waals surface area contributed by atoms with Gasteiger partial charge in [-0.05, 0) is 18.1 Å². The van der Waals surface area contributed by atoms with E-state index in [1.54, 1.807) is 0 Å². The van der Waals surface area contributed by atoms with Gasteiger partial charge < -0.3 is 36.3 Å². The van der Waals surface area contributed by atoms with Gasteiger partial charge in [-0.1, -0.05) is 27.1 Å². The summed E-state index contributed by atoms with van der Waals surface area (Å²) in [5.74, 6) is 0. The summed E-state index contributed by atoms with van der Waals surface area (Å²) >= 11 is 0. The van der Waals surface area contributed by atoms with Crippen molar-refractivity contribution >= 4 is 15.3 Å². The van der Waals surface area contributed by atoms with E-state index in [-0.39, 0.29) is 24.9 Å². The Morgan fingerprint density at radius 2 is 1.00 bits per heavy atom. The summed E-state index contributed by atoms with van der Waals surface area (Å²) in [6, 6.07) is 0. The van der Waals surface area contributed by atoms with Crippen molar-refractivity contribution < 1.29 is 36.3 Å². The average molecular weight is 403 g/mol. The SMILES string of the molecule is CC(C)(C)[Si](C)(C)OCCOCCOCCOCCOCC[B-](F)(F)F. The number of hydrogen-bond donors (Lipinski definition) is 0. The highest BCUT2D eigenvalue weighted by Gasteiger charge is 2.36. The molecule has 5 nitrogen and oxygen atoms in total. The maximum atomic E-state index is 11.9. The Kier molecular flexibility index (Phi) is 13.1. The van der Waals surface area contributed by atoms with Crippen LogP contribution in [0.5, 0.6) is 0 Å². The molecule has 0 aromatic carbocycles. The summed E-state index contributed by atoms with van der Waals surface area (Å²) < 4.78 is 62.6. The van der Waals surface area contributed by atoms with Gasteiger partial charge in [0.2, 0.25) is 0 Å². The highest BCUT2D eigenvalue weighted by Crippen LogP contribution is 2.36. The molecular weight excluding hydrogens is 368 g/mol. The fraction of sp³-hybridized carbons (Fsp3) is 1.00. The molecule has 0 unspecified atom stereocenters. The topological polar surface area (TPSA) is 46.2 Å². The van der Waals surface area contributed by atoms with Crippen LogP contribution in [0.2, 0.25) is 24.5 Å². The van der Waals surface area contributed by atoms with Gasteiger partial charge in [0.25, 0.3) is 0 Å². The number of hydrogen-bond acceptors (Lipinski definition) is 5. The van der Waals surface area contributed by atoms with Crippen LogP contribution in [-0.2, 0) is 23.4 Å². The van der Waals surface area contributed by atoms with Crippen molar-refractivity contribution in [2.24, 2.45) is 0 Å². The van der Waals surface area contributed by atoms with Crippen LogP contribution in [0.3, 0.4) is 0 Å². The Hall–Kier alpha value is -0.128. The van der Waals surface area contributed by atoms with Gasteiger partial charge in [0, 0.05) is 6.61 Å². The second kappa shape index (κ2) is 13.1. The standard InChI is InChI=1S/C16H35BF3O5Si/c1-16(2,3)26(4,5)25-15-14-24-13-12-23-11-10-22-9-8-21-7-6-17(18,19)20/h6-15H2,1-5H3/q-1. The Balaban J connectivity index is 3.28. The molecular formula is C16H35BF3O5Si-. The van der Waals surface area contributed by atoms with Crippen LogP contribution in [0.4, 0.5) is 12.9 Å². The molecule has 0 atom stereocenters. The molecule has 10 heteroatoms. The maximum Gasteiger partial charge on any atom is 0.480 e. The lowest BCUT2D eigenvalue weighted by atomic mass is 9.87.